The molecule has 0 aliphatic carbocycles. The molecule has 130 valence electrons. The van der Waals surface area contributed by atoms with Crippen molar-refractivity contribution in [2.75, 3.05) is 11.4 Å². The molecule has 2 aromatic carbocycles. The minimum Gasteiger partial charge on any atom is -0.337 e. The van der Waals surface area contributed by atoms with Crippen LogP contribution in [0.1, 0.15) is 35.5 Å². The van der Waals surface area contributed by atoms with Crippen LogP contribution in [-0.4, -0.2) is 17.0 Å². The Balaban J connectivity index is 2.17. The zero-order valence-corrected chi connectivity index (χ0v) is 15.9. The van der Waals surface area contributed by atoms with Crippen LogP contribution in [0.5, 0.6) is 0 Å². The number of benzene rings is 2. The largest absolute Gasteiger partial charge is 0.337 e. The summed E-state index contributed by atoms with van der Waals surface area (Å²) in [6.45, 7) is 9.46. The first kappa shape index (κ1) is 17.6. The van der Waals surface area contributed by atoms with E-state index in [9.17, 15) is 4.79 Å². The van der Waals surface area contributed by atoms with Crippen LogP contribution < -0.4 is 4.90 Å². The highest BCUT2D eigenvalue weighted by Crippen LogP contribution is 2.30. The average molecular weight is 355 g/mol. The van der Waals surface area contributed by atoms with Crippen molar-refractivity contribution in [3.8, 4) is 0 Å². The van der Waals surface area contributed by atoms with Crippen LogP contribution in [0.2, 0.25) is 5.02 Å². The zero-order chi connectivity index (χ0) is 18.1. The Labute approximate surface area is 153 Å². The topological polar surface area (TPSA) is 25.2 Å². The summed E-state index contributed by atoms with van der Waals surface area (Å²) in [7, 11) is 0. The summed E-state index contributed by atoms with van der Waals surface area (Å²) in [5, 5.41) is 1.73. The lowest BCUT2D eigenvalue weighted by Crippen LogP contribution is -2.32. The molecule has 0 atom stereocenters. The molecule has 1 aromatic heterocycles. The molecule has 3 nitrogen and oxygen atoms in total. The van der Waals surface area contributed by atoms with Crippen LogP contribution in [0, 0.1) is 13.8 Å². The number of amides is 1. The molecule has 0 unspecified atom stereocenters. The Morgan fingerprint density at radius 3 is 2.52 bits per heavy atom. The van der Waals surface area contributed by atoms with Crippen LogP contribution in [-0.2, 0) is 6.54 Å². The summed E-state index contributed by atoms with van der Waals surface area (Å²) < 4.78 is 2.09. The summed E-state index contributed by atoms with van der Waals surface area (Å²) in [4.78, 5) is 15.3. The van der Waals surface area contributed by atoms with E-state index in [2.05, 4.69) is 11.5 Å². The zero-order valence-electron chi connectivity index (χ0n) is 15.1. The predicted octanol–water partition coefficient (Wildman–Crippen LogP) is 5.60. The molecule has 0 N–H and O–H groups in total. The molecule has 25 heavy (non-hydrogen) atoms. The number of carbonyl (C=O) groups excluding carboxylic acids is 1. The number of carbonyl (C=O) groups is 1. The van der Waals surface area contributed by atoms with Crippen molar-refractivity contribution in [1.82, 2.24) is 4.57 Å². The number of hydrogen-bond donors (Lipinski definition) is 0. The van der Waals surface area contributed by atoms with Crippen LogP contribution in [0.15, 0.2) is 42.5 Å². The Morgan fingerprint density at radius 2 is 1.88 bits per heavy atom. The highest BCUT2D eigenvalue weighted by Gasteiger charge is 2.24. The van der Waals surface area contributed by atoms with Gasteiger partial charge in [0.2, 0.25) is 0 Å². The molecule has 0 bridgehead atoms. The van der Waals surface area contributed by atoms with Gasteiger partial charge in [-0.2, -0.15) is 0 Å². The van der Waals surface area contributed by atoms with Crippen LogP contribution >= 0.6 is 11.6 Å². The quantitative estimate of drug-likeness (QED) is 0.598. The molecule has 3 rings (SSSR count). The fraction of sp³-hybridized carbons (Fsp3) is 0.286. The minimum atomic E-state index is 0.0276. The Morgan fingerprint density at radius 1 is 1.12 bits per heavy atom. The van der Waals surface area contributed by atoms with E-state index in [1.54, 1.807) is 0 Å². The molecular weight excluding hydrogens is 332 g/mol. The van der Waals surface area contributed by atoms with Gasteiger partial charge in [0.1, 0.15) is 5.69 Å². The molecule has 0 aliphatic heterocycles. The first-order valence-corrected chi connectivity index (χ1v) is 9.02. The molecular formula is C21H23ClN2O. The molecule has 4 heteroatoms. The van der Waals surface area contributed by atoms with Gasteiger partial charge in [-0.3, -0.25) is 4.79 Å². The number of aryl methyl sites for hydroxylation is 3. The second-order valence-corrected chi connectivity index (χ2v) is 6.70. The van der Waals surface area contributed by atoms with Gasteiger partial charge in [-0.1, -0.05) is 23.7 Å². The molecule has 0 spiro atoms. The Kier molecular flexibility index (Phi) is 4.87. The summed E-state index contributed by atoms with van der Waals surface area (Å²) in [5.74, 6) is 0.0276. The number of nitrogens with zero attached hydrogens (tertiary/aromatic N) is 2. The van der Waals surface area contributed by atoms with Crippen molar-refractivity contribution in [2.24, 2.45) is 0 Å². The van der Waals surface area contributed by atoms with Gasteiger partial charge in [-0.25, -0.2) is 0 Å². The number of hydrogen-bond acceptors (Lipinski definition) is 1. The molecule has 1 heterocycles. The maximum Gasteiger partial charge on any atom is 0.275 e. The fourth-order valence-corrected chi connectivity index (χ4v) is 3.64. The summed E-state index contributed by atoms with van der Waals surface area (Å²) >= 11 is 6.17. The molecule has 0 fully saturated rings. The number of fused-ring (bicyclic) bond motifs is 1. The monoisotopic (exact) mass is 354 g/mol. The maximum atomic E-state index is 13.4. The van der Waals surface area contributed by atoms with Gasteiger partial charge in [0.15, 0.2) is 0 Å². The van der Waals surface area contributed by atoms with E-state index in [4.69, 9.17) is 11.6 Å². The summed E-state index contributed by atoms with van der Waals surface area (Å²) in [5.41, 5.74) is 4.84. The van der Waals surface area contributed by atoms with Gasteiger partial charge in [-0.05, 0) is 69.2 Å². The molecule has 0 saturated heterocycles. The molecule has 0 aliphatic rings. The van der Waals surface area contributed by atoms with Gasteiger partial charge in [0.05, 0.1) is 0 Å². The average Bonchev–Trinajstić information content (AvgIpc) is 2.87. The fourth-order valence-electron chi connectivity index (χ4n) is 3.47. The van der Waals surface area contributed by atoms with Crippen LogP contribution in [0.25, 0.3) is 10.9 Å². The molecule has 0 radical (unpaired) electrons. The van der Waals surface area contributed by atoms with E-state index in [-0.39, 0.29) is 5.91 Å². The van der Waals surface area contributed by atoms with Gasteiger partial charge in [-0.15, -0.1) is 0 Å². The third-order valence-corrected chi connectivity index (χ3v) is 4.91. The molecule has 1 amide bonds. The number of rotatable bonds is 4. The minimum absolute atomic E-state index is 0.0276. The van der Waals surface area contributed by atoms with E-state index in [0.717, 1.165) is 40.0 Å². The van der Waals surface area contributed by atoms with Crippen LogP contribution in [0.4, 0.5) is 5.69 Å². The van der Waals surface area contributed by atoms with Crippen molar-refractivity contribution in [3.05, 3.63) is 64.3 Å². The number of halogens is 1. The molecule has 3 aromatic rings. The van der Waals surface area contributed by atoms with E-state index in [1.165, 1.54) is 0 Å². The predicted molar refractivity (Wildman–Crippen MR) is 106 cm³/mol. The lowest BCUT2D eigenvalue weighted by Gasteiger charge is -2.23. The summed E-state index contributed by atoms with van der Waals surface area (Å²) in [6, 6.07) is 13.9. The van der Waals surface area contributed by atoms with Crippen LogP contribution in [0.3, 0.4) is 0 Å². The van der Waals surface area contributed by atoms with Crippen molar-refractivity contribution >= 4 is 34.1 Å². The smallest absolute Gasteiger partial charge is 0.275 e. The van der Waals surface area contributed by atoms with E-state index in [1.807, 2.05) is 68.1 Å². The van der Waals surface area contributed by atoms with Crippen molar-refractivity contribution in [3.63, 3.8) is 0 Å². The first-order valence-electron chi connectivity index (χ1n) is 8.64. The van der Waals surface area contributed by atoms with Crippen molar-refractivity contribution < 1.29 is 4.79 Å². The van der Waals surface area contributed by atoms with Gasteiger partial charge in [0.25, 0.3) is 5.91 Å². The van der Waals surface area contributed by atoms with Gasteiger partial charge >= 0.3 is 0 Å². The maximum absolute atomic E-state index is 13.4. The molecule has 0 saturated carbocycles. The lowest BCUT2D eigenvalue weighted by atomic mass is 10.1. The second-order valence-electron chi connectivity index (χ2n) is 6.27. The van der Waals surface area contributed by atoms with Crippen molar-refractivity contribution in [2.45, 2.75) is 34.2 Å². The second kappa shape index (κ2) is 6.93. The van der Waals surface area contributed by atoms with Crippen molar-refractivity contribution in [1.29, 1.82) is 0 Å². The Bertz CT molecular complexity index is 942. The SMILES string of the molecule is CCN(C(=O)c1c(C)c2cc(Cl)ccc2n1CC)c1cccc(C)c1. The van der Waals surface area contributed by atoms with E-state index in [0.29, 0.717) is 11.6 Å². The van der Waals surface area contributed by atoms with Gasteiger partial charge in [0, 0.05) is 34.7 Å². The Hall–Kier alpha value is -2.26. The highest BCUT2D eigenvalue weighted by molar-refractivity contribution is 6.31. The third-order valence-electron chi connectivity index (χ3n) is 4.67. The summed E-state index contributed by atoms with van der Waals surface area (Å²) in [6.07, 6.45) is 0. The third kappa shape index (κ3) is 3.05. The normalized spacial score (nSPS) is 11.1. The first-order chi connectivity index (χ1) is 12.0. The highest BCUT2D eigenvalue weighted by atomic mass is 35.5. The van der Waals surface area contributed by atoms with E-state index >= 15 is 0 Å². The lowest BCUT2D eigenvalue weighted by molar-refractivity contribution is 0.0979. The van der Waals surface area contributed by atoms with E-state index < -0.39 is 0 Å². The van der Waals surface area contributed by atoms with Gasteiger partial charge < -0.3 is 9.47 Å². The standard InChI is InChI=1S/C21H23ClN2O/c1-5-23(17-9-7-8-14(3)12-17)21(25)20-15(4)18-13-16(22)10-11-19(18)24(20)6-2/h7-13H,5-6H2,1-4H3. The number of anilines is 1. The number of aromatic nitrogens is 1.